The Bertz CT molecular complexity index is 1050. The van der Waals surface area contributed by atoms with Crippen LogP contribution in [0.2, 0.25) is 0 Å². The second-order valence-corrected chi connectivity index (χ2v) is 8.99. The number of methoxy groups -OCH3 is 2. The van der Waals surface area contributed by atoms with Crippen LogP contribution in [0.5, 0.6) is 0 Å². The van der Waals surface area contributed by atoms with E-state index in [0.29, 0.717) is 23.3 Å². The first kappa shape index (κ1) is 20.6. The fourth-order valence-electron chi connectivity index (χ4n) is 4.35. The van der Waals surface area contributed by atoms with Crippen molar-refractivity contribution in [1.82, 2.24) is 5.32 Å². The highest BCUT2D eigenvalue weighted by Gasteiger charge is 2.49. The molecule has 0 spiro atoms. The van der Waals surface area contributed by atoms with Gasteiger partial charge in [0.15, 0.2) is 5.78 Å². The second kappa shape index (κ2) is 8.20. The molecule has 2 aliphatic rings. The van der Waals surface area contributed by atoms with Crippen LogP contribution in [0.4, 0.5) is 0 Å². The summed E-state index contributed by atoms with van der Waals surface area (Å²) in [7, 11) is 2.62. The van der Waals surface area contributed by atoms with E-state index in [4.69, 9.17) is 9.47 Å². The minimum absolute atomic E-state index is 0.306. The van der Waals surface area contributed by atoms with Gasteiger partial charge in [0.2, 0.25) is 0 Å². The van der Waals surface area contributed by atoms with Crippen molar-refractivity contribution in [3.8, 4) is 0 Å². The van der Waals surface area contributed by atoms with Gasteiger partial charge in [-0.25, -0.2) is 4.79 Å². The number of ether oxygens (including phenoxy) is 2. The number of dihydropyridines is 1. The molecule has 3 atom stereocenters. The number of hydrogen-bond donors (Lipinski definition) is 1. The zero-order valence-electron chi connectivity index (χ0n) is 16.8. The van der Waals surface area contributed by atoms with Gasteiger partial charge in [-0.3, -0.25) is 9.59 Å². The van der Waals surface area contributed by atoms with E-state index < -0.39 is 23.8 Å². The largest absolute Gasteiger partial charge is 0.468 e. The number of ketones is 1. The first-order chi connectivity index (χ1) is 14.5. The SMILES string of the molecule is COC(=O)C1=C(C)NC2=C(C(=O)[C@H](C(=O)OC)[C@H](c3cccs3)C2)[C@@H]1c1ccsc1. The highest BCUT2D eigenvalue weighted by molar-refractivity contribution is 7.10. The molecule has 156 valence electrons. The summed E-state index contributed by atoms with van der Waals surface area (Å²) in [4.78, 5) is 40.1. The first-order valence-electron chi connectivity index (χ1n) is 9.44. The third kappa shape index (κ3) is 3.30. The maximum absolute atomic E-state index is 13.8. The Morgan fingerprint density at radius 3 is 2.57 bits per heavy atom. The van der Waals surface area contributed by atoms with Crippen LogP contribution in [0.1, 0.15) is 35.6 Å². The van der Waals surface area contributed by atoms with Crippen molar-refractivity contribution < 1.29 is 23.9 Å². The van der Waals surface area contributed by atoms with Gasteiger partial charge in [-0.2, -0.15) is 11.3 Å². The van der Waals surface area contributed by atoms with Crippen molar-refractivity contribution in [2.75, 3.05) is 14.2 Å². The zero-order chi connectivity index (χ0) is 21.4. The predicted molar refractivity (Wildman–Crippen MR) is 114 cm³/mol. The fourth-order valence-corrected chi connectivity index (χ4v) is 5.91. The fraction of sp³-hybridized carbons (Fsp3) is 0.318. The Hall–Kier alpha value is -2.71. The van der Waals surface area contributed by atoms with Gasteiger partial charge in [0, 0.05) is 33.7 Å². The predicted octanol–water partition coefficient (Wildman–Crippen LogP) is 3.74. The molecule has 3 heterocycles. The summed E-state index contributed by atoms with van der Waals surface area (Å²) in [5.41, 5.74) is 3.08. The summed E-state index contributed by atoms with van der Waals surface area (Å²) >= 11 is 3.00. The molecule has 6 nitrogen and oxygen atoms in total. The topological polar surface area (TPSA) is 81.7 Å². The van der Waals surface area contributed by atoms with Crippen LogP contribution in [-0.4, -0.2) is 31.9 Å². The Labute approximate surface area is 182 Å². The number of thiophene rings is 2. The van der Waals surface area contributed by atoms with Crippen LogP contribution in [0.25, 0.3) is 0 Å². The molecule has 0 radical (unpaired) electrons. The summed E-state index contributed by atoms with van der Waals surface area (Å²) in [5, 5.41) is 9.02. The Morgan fingerprint density at radius 1 is 1.17 bits per heavy atom. The Kier molecular flexibility index (Phi) is 5.62. The normalized spacial score (nSPS) is 23.7. The van der Waals surface area contributed by atoms with Gasteiger partial charge in [-0.05, 0) is 47.2 Å². The van der Waals surface area contributed by atoms with Crippen LogP contribution in [0, 0.1) is 5.92 Å². The Balaban J connectivity index is 1.88. The molecule has 1 aliphatic heterocycles. The van der Waals surface area contributed by atoms with Crippen molar-refractivity contribution in [3.05, 3.63) is 67.3 Å². The number of carbonyl (C=O) groups excluding carboxylic acids is 3. The molecule has 8 heteroatoms. The summed E-state index contributed by atoms with van der Waals surface area (Å²) in [6, 6.07) is 5.74. The van der Waals surface area contributed by atoms with E-state index in [1.807, 2.05) is 41.3 Å². The molecule has 0 unspecified atom stereocenters. The lowest BCUT2D eigenvalue weighted by Crippen LogP contribution is -2.43. The van der Waals surface area contributed by atoms with E-state index in [1.165, 1.54) is 36.9 Å². The van der Waals surface area contributed by atoms with Crippen molar-refractivity contribution in [1.29, 1.82) is 0 Å². The third-order valence-corrected chi connectivity index (χ3v) is 7.37. The average Bonchev–Trinajstić information content (AvgIpc) is 3.45. The van der Waals surface area contributed by atoms with E-state index in [1.54, 1.807) is 0 Å². The maximum atomic E-state index is 13.8. The summed E-state index contributed by atoms with van der Waals surface area (Å²) in [6.07, 6.45) is 0.480. The van der Waals surface area contributed by atoms with Crippen molar-refractivity contribution in [2.45, 2.75) is 25.2 Å². The molecule has 0 aromatic carbocycles. The molecule has 30 heavy (non-hydrogen) atoms. The molecule has 1 aliphatic carbocycles. The van der Waals surface area contributed by atoms with Crippen molar-refractivity contribution in [3.63, 3.8) is 0 Å². The summed E-state index contributed by atoms with van der Waals surface area (Å²) in [6.45, 7) is 1.81. The molecular weight excluding hydrogens is 422 g/mol. The molecule has 0 amide bonds. The van der Waals surface area contributed by atoms with Crippen LogP contribution < -0.4 is 5.32 Å². The summed E-state index contributed by atoms with van der Waals surface area (Å²) < 4.78 is 10.0. The lowest BCUT2D eigenvalue weighted by atomic mass is 9.68. The minimum atomic E-state index is -0.951. The van der Waals surface area contributed by atoms with E-state index >= 15 is 0 Å². The summed E-state index contributed by atoms with van der Waals surface area (Å²) in [5.74, 6) is -3.20. The number of esters is 2. The van der Waals surface area contributed by atoms with Gasteiger partial charge in [0.05, 0.1) is 19.8 Å². The number of hydrogen-bond acceptors (Lipinski definition) is 8. The minimum Gasteiger partial charge on any atom is -0.468 e. The van der Waals surface area contributed by atoms with Gasteiger partial charge in [-0.1, -0.05) is 6.07 Å². The van der Waals surface area contributed by atoms with Crippen molar-refractivity contribution >= 4 is 40.4 Å². The average molecular weight is 444 g/mol. The lowest BCUT2D eigenvalue weighted by molar-refractivity contribution is -0.149. The molecule has 0 saturated carbocycles. The molecule has 4 rings (SSSR count). The quantitative estimate of drug-likeness (QED) is 0.573. The molecule has 1 N–H and O–H groups in total. The van der Waals surface area contributed by atoms with Gasteiger partial charge >= 0.3 is 11.9 Å². The number of Topliss-reactive ketones (excluding diaryl/α,β-unsaturated/α-hetero) is 1. The number of carbonyl (C=O) groups is 3. The molecule has 2 aromatic heterocycles. The van der Waals surface area contributed by atoms with E-state index in [9.17, 15) is 14.4 Å². The van der Waals surface area contributed by atoms with Crippen LogP contribution in [0.15, 0.2) is 56.9 Å². The smallest absolute Gasteiger partial charge is 0.336 e. The number of nitrogens with one attached hydrogen (secondary N) is 1. The lowest BCUT2D eigenvalue weighted by Gasteiger charge is -2.38. The van der Waals surface area contributed by atoms with Gasteiger partial charge in [0.1, 0.15) is 5.92 Å². The van der Waals surface area contributed by atoms with E-state index in [0.717, 1.165) is 16.1 Å². The molecular formula is C22H21NO5S2. The van der Waals surface area contributed by atoms with Gasteiger partial charge in [-0.15, -0.1) is 11.3 Å². The monoisotopic (exact) mass is 443 g/mol. The van der Waals surface area contributed by atoms with Crippen LogP contribution >= 0.6 is 22.7 Å². The Morgan fingerprint density at radius 2 is 1.97 bits per heavy atom. The van der Waals surface area contributed by atoms with Crippen molar-refractivity contribution in [2.24, 2.45) is 5.92 Å². The van der Waals surface area contributed by atoms with E-state index in [2.05, 4.69) is 5.32 Å². The molecule has 0 saturated heterocycles. The van der Waals surface area contributed by atoms with Crippen LogP contribution in [0.3, 0.4) is 0 Å². The molecule has 0 fully saturated rings. The van der Waals surface area contributed by atoms with E-state index in [-0.39, 0.29) is 11.7 Å². The van der Waals surface area contributed by atoms with Gasteiger partial charge in [0.25, 0.3) is 0 Å². The van der Waals surface area contributed by atoms with Gasteiger partial charge < -0.3 is 14.8 Å². The highest BCUT2D eigenvalue weighted by atomic mass is 32.1. The number of rotatable bonds is 4. The maximum Gasteiger partial charge on any atom is 0.336 e. The standard InChI is InChI=1S/C22H21NO5S2/c1-11-16(21(25)27-2)17(12-6-8-29-10-12)19-14(23-11)9-13(15-5-4-7-30-15)18(20(19)24)22(26)28-3/h4-8,10,13,17-18,23H,9H2,1-3H3/t13-,17+,18+/m0/s1. The zero-order valence-corrected chi connectivity index (χ0v) is 18.4. The number of allylic oxidation sites excluding steroid dienone is 3. The molecule has 2 aromatic rings. The second-order valence-electron chi connectivity index (χ2n) is 7.23. The third-order valence-electron chi connectivity index (χ3n) is 5.66. The molecule has 0 bridgehead atoms. The highest BCUT2D eigenvalue weighted by Crippen LogP contribution is 2.48. The van der Waals surface area contributed by atoms with Crippen LogP contribution in [-0.2, 0) is 23.9 Å². The first-order valence-corrected chi connectivity index (χ1v) is 11.3.